The van der Waals surface area contributed by atoms with Crippen molar-refractivity contribution in [3.63, 3.8) is 0 Å². The molecule has 0 spiro atoms. The van der Waals surface area contributed by atoms with Gasteiger partial charge in [0.25, 0.3) is 5.91 Å². The topological polar surface area (TPSA) is 79.5 Å². The molecule has 0 aliphatic rings. The van der Waals surface area contributed by atoms with Gasteiger partial charge in [0.1, 0.15) is 11.6 Å². The molecule has 0 unspecified atom stereocenters. The van der Waals surface area contributed by atoms with E-state index in [1.807, 2.05) is 24.3 Å². The molecule has 0 heterocycles. The number of halogens is 1. The first-order chi connectivity index (χ1) is 15.5. The number of aryl methyl sites for hydroxylation is 1. The summed E-state index contributed by atoms with van der Waals surface area (Å²) in [7, 11) is 1.61. The lowest BCUT2D eigenvalue weighted by Gasteiger charge is -2.12. The van der Waals surface area contributed by atoms with E-state index in [-0.39, 0.29) is 24.2 Å². The van der Waals surface area contributed by atoms with Gasteiger partial charge >= 0.3 is 0 Å². The van der Waals surface area contributed by atoms with Crippen molar-refractivity contribution in [3.05, 3.63) is 89.2 Å². The van der Waals surface area contributed by atoms with Gasteiger partial charge in [-0.15, -0.1) is 0 Å². The van der Waals surface area contributed by atoms with Gasteiger partial charge in [0.05, 0.1) is 24.9 Å². The molecular formula is C25H26FN3O3. The molecule has 6 nitrogen and oxygen atoms in total. The molecule has 3 aromatic rings. The number of hydrogen-bond donors (Lipinski definition) is 3. The number of anilines is 2. The zero-order chi connectivity index (χ0) is 22.9. The Morgan fingerprint density at radius 3 is 2.47 bits per heavy atom. The number of methoxy groups -OCH3 is 1. The second-order valence-electron chi connectivity index (χ2n) is 7.27. The lowest BCUT2D eigenvalue weighted by molar-refractivity contribution is -0.114. The van der Waals surface area contributed by atoms with Gasteiger partial charge in [0.2, 0.25) is 5.91 Å². The summed E-state index contributed by atoms with van der Waals surface area (Å²) in [5.74, 6) is -0.177. The largest absolute Gasteiger partial charge is 0.497 e. The fourth-order valence-electron chi connectivity index (χ4n) is 3.08. The van der Waals surface area contributed by atoms with E-state index < -0.39 is 0 Å². The molecule has 0 aliphatic heterocycles. The van der Waals surface area contributed by atoms with Gasteiger partial charge in [0, 0.05) is 12.2 Å². The second-order valence-corrected chi connectivity index (χ2v) is 7.27. The van der Waals surface area contributed by atoms with Crippen molar-refractivity contribution < 1.29 is 18.7 Å². The van der Waals surface area contributed by atoms with Gasteiger partial charge in [-0.1, -0.05) is 30.3 Å². The maximum Gasteiger partial charge on any atom is 0.253 e. The summed E-state index contributed by atoms with van der Waals surface area (Å²) in [6.45, 7) is 2.06. The Morgan fingerprint density at radius 2 is 1.75 bits per heavy atom. The van der Waals surface area contributed by atoms with Crippen molar-refractivity contribution in [3.8, 4) is 5.75 Å². The van der Waals surface area contributed by atoms with E-state index in [1.165, 1.54) is 6.07 Å². The first-order valence-electron chi connectivity index (χ1n) is 10.3. The summed E-state index contributed by atoms with van der Waals surface area (Å²) >= 11 is 0. The highest BCUT2D eigenvalue weighted by atomic mass is 19.1. The summed E-state index contributed by atoms with van der Waals surface area (Å²) < 4.78 is 18.8. The van der Waals surface area contributed by atoms with Crippen LogP contribution in [0.15, 0.2) is 66.7 Å². The minimum Gasteiger partial charge on any atom is -0.497 e. The highest BCUT2D eigenvalue weighted by Gasteiger charge is 2.13. The molecule has 0 saturated carbocycles. The number of ether oxygens (including phenoxy) is 1. The van der Waals surface area contributed by atoms with Crippen molar-refractivity contribution in [2.75, 3.05) is 30.8 Å². The first-order valence-corrected chi connectivity index (χ1v) is 10.3. The zero-order valence-electron chi connectivity index (χ0n) is 18.1. The fourth-order valence-corrected chi connectivity index (χ4v) is 3.08. The Labute approximate surface area is 186 Å². The monoisotopic (exact) mass is 435 g/mol. The van der Waals surface area contributed by atoms with Crippen LogP contribution in [-0.4, -0.2) is 32.0 Å². The molecular weight excluding hydrogens is 409 g/mol. The average molecular weight is 435 g/mol. The number of carbonyl (C=O) groups is 2. The number of rotatable bonds is 9. The summed E-state index contributed by atoms with van der Waals surface area (Å²) in [6.07, 6.45) is 0.668. The normalized spacial score (nSPS) is 10.3. The Balaban J connectivity index is 1.53. The summed E-state index contributed by atoms with van der Waals surface area (Å²) in [6, 6.07) is 19.1. The number of benzene rings is 3. The molecule has 32 heavy (non-hydrogen) atoms. The predicted octanol–water partition coefficient (Wildman–Crippen LogP) is 4.17. The first kappa shape index (κ1) is 22.8. The van der Waals surface area contributed by atoms with Crippen LogP contribution in [0.1, 0.15) is 21.5 Å². The lowest BCUT2D eigenvalue weighted by atomic mass is 10.1. The molecule has 0 radical (unpaired) electrons. The van der Waals surface area contributed by atoms with Crippen LogP contribution in [0.5, 0.6) is 5.75 Å². The smallest absolute Gasteiger partial charge is 0.253 e. The standard InChI is InChI=1S/C25H26FN3O3/c1-17-7-10-19(15-22(17)26)28-16-24(30)29-23-6-4-3-5-21(23)25(31)27-14-13-18-8-11-20(32-2)12-9-18/h3-12,15,28H,13-14,16H2,1-2H3,(H,27,31)(H,29,30). The van der Waals surface area contributed by atoms with Gasteiger partial charge in [-0.25, -0.2) is 4.39 Å². The van der Waals surface area contributed by atoms with Crippen LogP contribution in [0.3, 0.4) is 0 Å². The van der Waals surface area contributed by atoms with Crippen molar-refractivity contribution in [1.29, 1.82) is 0 Å². The lowest BCUT2D eigenvalue weighted by Crippen LogP contribution is -2.28. The average Bonchev–Trinajstić information content (AvgIpc) is 2.80. The van der Waals surface area contributed by atoms with Crippen molar-refractivity contribution in [1.82, 2.24) is 5.32 Å². The maximum absolute atomic E-state index is 13.6. The Bertz CT molecular complexity index is 1080. The van der Waals surface area contributed by atoms with Gasteiger partial charge < -0.3 is 20.7 Å². The SMILES string of the molecule is COc1ccc(CCNC(=O)c2ccccc2NC(=O)CNc2ccc(C)c(F)c2)cc1. The van der Waals surface area contributed by atoms with Crippen LogP contribution < -0.4 is 20.7 Å². The van der Waals surface area contributed by atoms with E-state index in [0.29, 0.717) is 35.5 Å². The van der Waals surface area contributed by atoms with Crippen LogP contribution in [-0.2, 0) is 11.2 Å². The molecule has 0 aromatic heterocycles. The molecule has 2 amide bonds. The number of carbonyl (C=O) groups excluding carboxylic acids is 2. The van der Waals surface area contributed by atoms with Gasteiger partial charge in [-0.2, -0.15) is 0 Å². The summed E-state index contributed by atoms with van der Waals surface area (Å²) in [4.78, 5) is 25.0. The van der Waals surface area contributed by atoms with E-state index >= 15 is 0 Å². The predicted molar refractivity (Wildman–Crippen MR) is 124 cm³/mol. The van der Waals surface area contributed by atoms with Crippen LogP contribution in [0.25, 0.3) is 0 Å². The minimum atomic E-state index is -0.343. The fraction of sp³-hybridized carbons (Fsp3) is 0.200. The van der Waals surface area contributed by atoms with E-state index in [9.17, 15) is 14.0 Å². The van der Waals surface area contributed by atoms with Crippen LogP contribution >= 0.6 is 0 Å². The third-order valence-corrected chi connectivity index (χ3v) is 4.93. The van der Waals surface area contributed by atoms with Crippen LogP contribution in [0, 0.1) is 12.7 Å². The van der Waals surface area contributed by atoms with E-state index in [1.54, 1.807) is 50.4 Å². The number of nitrogens with one attached hydrogen (secondary N) is 3. The van der Waals surface area contributed by atoms with E-state index in [0.717, 1.165) is 11.3 Å². The molecule has 3 aromatic carbocycles. The number of para-hydroxylation sites is 1. The maximum atomic E-state index is 13.6. The third kappa shape index (κ3) is 6.31. The quantitative estimate of drug-likeness (QED) is 0.471. The van der Waals surface area contributed by atoms with Crippen molar-refractivity contribution in [2.24, 2.45) is 0 Å². The van der Waals surface area contributed by atoms with Gasteiger partial charge in [0.15, 0.2) is 0 Å². The molecule has 0 aliphatic carbocycles. The highest BCUT2D eigenvalue weighted by molar-refractivity contribution is 6.04. The summed E-state index contributed by atoms with van der Waals surface area (Å²) in [5.41, 5.74) is 2.90. The van der Waals surface area contributed by atoms with E-state index in [4.69, 9.17) is 4.74 Å². The molecule has 0 fully saturated rings. The number of hydrogen-bond acceptors (Lipinski definition) is 4. The van der Waals surface area contributed by atoms with Crippen LogP contribution in [0.2, 0.25) is 0 Å². The van der Waals surface area contributed by atoms with Gasteiger partial charge in [-0.3, -0.25) is 9.59 Å². The zero-order valence-corrected chi connectivity index (χ0v) is 18.1. The molecule has 0 saturated heterocycles. The van der Waals surface area contributed by atoms with E-state index in [2.05, 4.69) is 16.0 Å². The van der Waals surface area contributed by atoms with Gasteiger partial charge in [-0.05, 0) is 60.9 Å². The van der Waals surface area contributed by atoms with Crippen molar-refractivity contribution >= 4 is 23.2 Å². The summed E-state index contributed by atoms with van der Waals surface area (Å²) in [5, 5.41) is 8.50. The Morgan fingerprint density at radius 1 is 1.00 bits per heavy atom. The molecule has 166 valence electrons. The molecule has 3 N–H and O–H groups in total. The number of amides is 2. The molecule has 3 rings (SSSR count). The van der Waals surface area contributed by atoms with Crippen LogP contribution in [0.4, 0.5) is 15.8 Å². The molecule has 0 atom stereocenters. The third-order valence-electron chi connectivity index (χ3n) is 4.93. The molecule has 7 heteroatoms. The molecule has 0 bridgehead atoms. The minimum absolute atomic E-state index is 0.0596. The Kier molecular flexibility index (Phi) is 7.80. The highest BCUT2D eigenvalue weighted by Crippen LogP contribution is 2.16. The van der Waals surface area contributed by atoms with Crippen molar-refractivity contribution in [2.45, 2.75) is 13.3 Å². The second kappa shape index (κ2) is 10.9. The Hall–Kier alpha value is -3.87.